The molecule has 3 aromatic carbocycles. The number of nitrogens with one attached hydrogen (secondary N) is 5. The minimum Gasteiger partial charge on any atom is -0.478 e. The standard InChI is InChI=1S/C67H91N9O17/c1-5-68-50-18-20-54-59(39-50)92-60-42-57(69-6-2)45(3)37-56(60)64(54)55-38-48(15-19-53(55)67(83)84)65(81)72-43-51-44-76(75-74-51)58(66(82)73-49-16-13-47(14-17-49)21-25-91-63-41-52(78)40-62(80)93-63)11-7-9-22-71-61(79)12-8-10-24-85-27-29-87-31-33-89-35-36-90-34-32-88-30-28-86-26-23-70-46(4)77/h13-20,37-39,42,44,52,58,62-63,68,78,80H,5-12,21-36,40-41,43H2,1-4H3,(H,70,77)(H,71,79)(H,72,81)(H,73,82)(H,83,84)/t52-,58?,62-,63+/m1/s1. The summed E-state index contributed by atoms with van der Waals surface area (Å²) < 4.78 is 52.1. The van der Waals surface area contributed by atoms with Crippen LogP contribution in [0.2, 0.25) is 0 Å². The van der Waals surface area contributed by atoms with Gasteiger partial charge in [0.1, 0.15) is 23.1 Å². The molecule has 26 heteroatoms. The lowest BCUT2D eigenvalue weighted by Gasteiger charge is -2.30. The summed E-state index contributed by atoms with van der Waals surface area (Å²) in [6, 6.07) is 20.3. The molecule has 93 heavy (non-hydrogen) atoms. The van der Waals surface area contributed by atoms with Gasteiger partial charge in [0.15, 0.2) is 12.6 Å². The summed E-state index contributed by atoms with van der Waals surface area (Å²) >= 11 is 0. The van der Waals surface area contributed by atoms with Crippen molar-refractivity contribution in [1.82, 2.24) is 30.9 Å². The number of carboxylic acids is 1. The van der Waals surface area contributed by atoms with Crippen molar-refractivity contribution in [3.8, 4) is 22.5 Å². The number of amides is 4. The van der Waals surface area contributed by atoms with Crippen LogP contribution in [-0.2, 0) is 65.2 Å². The van der Waals surface area contributed by atoms with Gasteiger partial charge in [0.25, 0.3) is 5.91 Å². The maximum absolute atomic E-state index is 14.2. The Morgan fingerprint density at radius 3 is 2.08 bits per heavy atom. The van der Waals surface area contributed by atoms with Gasteiger partial charge in [-0.2, -0.15) is 0 Å². The van der Waals surface area contributed by atoms with E-state index >= 15 is 0 Å². The zero-order valence-electron chi connectivity index (χ0n) is 53.8. The predicted molar refractivity (Wildman–Crippen MR) is 346 cm³/mol. The fraction of sp³-hybridized carbons (Fsp3) is 0.522. The van der Waals surface area contributed by atoms with Gasteiger partial charge >= 0.3 is 5.97 Å². The third-order valence-corrected chi connectivity index (χ3v) is 15.0. The topological polar surface area (TPSA) is 336 Å². The summed E-state index contributed by atoms with van der Waals surface area (Å²) in [4.78, 5) is 69.5. The number of unbranched alkanes of at least 4 members (excludes halogenated alkanes) is 2. The van der Waals surface area contributed by atoms with Crippen LogP contribution < -0.4 is 31.9 Å². The summed E-state index contributed by atoms with van der Waals surface area (Å²) in [5, 5.41) is 55.3. The highest BCUT2D eigenvalue weighted by Crippen LogP contribution is 2.43. The number of anilines is 2. The van der Waals surface area contributed by atoms with Gasteiger partial charge in [-0.05, 0) is 125 Å². The number of benzene rings is 4. The van der Waals surface area contributed by atoms with Gasteiger partial charge in [0.2, 0.25) is 17.7 Å². The van der Waals surface area contributed by atoms with Gasteiger partial charge in [-0.15, -0.1) is 5.10 Å². The molecule has 0 saturated carbocycles. The zero-order chi connectivity index (χ0) is 66.2. The van der Waals surface area contributed by atoms with Crippen molar-refractivity contribution in [2.45, 2.75) is 117 Å². The van der Waals surface area contributed by atoms with Crippen LogP contribution in [0.4, 0.5) is 11.4 Å². The summed E-state index contributed by atoms with van der Waals surface area (Å²) in [6.45, 7) is 15.0. The van der Waals surface area contributed by atoms with Crippen molar-refractivity contribution in [2.24, 2.45) is 4.99 Å². The second-order valence-electron chi connectivity index (χ2n) is 22.2. The Bertz CT molecular complexity index is 3330. The molecule has 0 bridgehead atoms. The Morgan fingerprint density at radius 1 is 0.720 bits per heavy atom. The molecule has 2 aliphatic heterocycles. The molecule has 3 aliphatic rings. The maximum Gasteiger partial charge on any atom is 0.336 e. The number of aliphatic hydroxyl groups excluding tert-OH is 2. The first-order valence-electron chi connectivity index (χ1n) is 32.0. The molecular formula is C67H91N9O17. The Labute approximate surface area is 541 Å². The summed E-state index contributed by atoms with van der Waals surface area (Å²) in [6.07, 6.45) is 3.14. The lowest BCUT2D eigenvalue weighted by atomic mass is 9.88. The van der Waals surface area contributed by atoms with Crippen LogP contribution >= 0.6 is 0 Å². The van der Waals surface area contributed by atoms with Crippen LogP contribution in [0, 0.1) is 6.92 Å². The first kappa shape index (κ1) is 72.7. The van der Waals surface area contributed by atoms with Crippen molar-refractivity contribution in [3.05, 3.63) is 112 Å². The quantitative estimate of drug-likeness (QED) is 0.0153. The third-order valence-electron chi connectivity index (χ3n) is 15.0. The minimum atomic E-state index is -1.17. The molecule has 4 aromatic rings. The third kappa shape index (κ3) is 24.6. The van der Waals surface area contributed by atoms with E-state index in [-0.39, 0.29) is 54.8 Å². The molecule has 1 aliphatic carbocycles. The lowest BCUT2D eigenvalue weighted by molar-refractivity contribution is -0.268. The van der Waals surface area contributed by atoms with E-state index in [0.717, 1.165) is 22.2 Å². The fourth-order valence-electron chi connectivity index (χ4n) is 10.3. The molecular weight excluding hydrogens is 1200 g/mol. The van der Waals surface area contributed by atoms with Gasteiger partial charge in [-0.1, -0.05) is 17.3 Å². The monoisotopic (exact) mass is 1290 g/mol. The highest BCUT2D eigenvalue weighted by molar-refractivity contribution is 6.09. The van der Waals surface area contributed by atoms with Gasteiger partial charge in [0, 0.05) is 105 Å². The van der Waals surface area contributed by atoms with Crippen LogP contribution in [-0.4, -0.2) is 191 Å². The highest BCUT2D eigenvalue weighted by Gasteiger charge is 2.29. The Kier molecular flexibility index (Phi) is 31.0. The Hall–Kier alpha value is -7.76. The highest BCUT2D eigenvalue weighted by atomic mass is 16.7. The number of ether oxygens (including phenoxy) is 8. The maximum atomic E-state index is 14.2. The SMILES string of the molecule is CCN=c1cc2oc3cc(NCC)ccc3c(-c3cc(C(=O)NCc4cn(C(CCCCNC(=O)CCCCOCCOCCOCCOCCOCCOCCNC(C)=O)C(=O)Nc5ccc(CCO[C@@H]6C[C@H](O)C[C@H](O)O6)cc5)nn4)ccc3C(=O)O)c-2cc1C. The molecule has 7 rings (SSSR count). The van der Waals surface area contributed by atoms with Crippen LogP contribution in [0.15, 0.2) is 88.4 Å². The number of aliphatic hydroxyl groups is 2. The number of aryl methyl sites for hydroxylation is 1. The van der Waals surface area contributed by atoms with Gasteiger partial charge in [-0.3, -0.25) is 24.2 Å². The molecule has 4 amide bonds. The molecule has 8 N–H and O–H groups in total. The van der Waals surface area contributed by atoms with E-state index in [1.54, 1.807) is 24.4 Å². The number of carbonyl (C=O) groups excluding carboxylic acids is 4. The van der Waals surface area contributed by atoms with E-state index < -0.39 is 36.6 Å². The molecule has 26 nitrogen and oxygen atoms in total. The first-order chi connectivity index (χ1) is 45.2. The lowest BCUT2D eigenvalue weighted by Crippen LogP contribution is -2.37. The fourth-order valence-corrected chi connectivity index (χ4v) is 10.3. The van der Waals surface area contributed by atoms with Crippen LogP contribution in [0.5, 0.6) is 0 Å². The molecule has 4 atom stereocenters. The van der Waals surface area contributed by atoms with E-state index in [9.17, 15) is 39.3 Å². The molecule has 1 fully saturated rings. The normalized spacial score (nSPS) is 15.3. The van der Waals surface area contributed by atoms with Crippen molar-refractivity contribution >= 4 is 51.9 Å². The van der Waals surface area contributed by atoms with Gasteiger partial charge < -0.3 is 84.2 Å². The first-order valence-corrected chi connectivity index (χ1v) is 32.0. The molecule has 1 unspecified atom stereocenters. The van der Waals surface area contributed by atoms with Crippen LogP contribution in [0.1, 0.15) is 116 Å². The molecule has 1 aromatic heterocycles. The van der Waals surface area contributed by atoms with E-state index in [2.05, 4.69) is 41.9 Å². The number of aromatic carboxylic acids is 1. The molecule has 1 saturated heterocycles. The number of hydrogen-bond acceptors (Lipinski definition) is 20. The van der Waals surface area contributed by atoms with E-state index in [0.29, 0.717) is 195 Å². The van der Waals surface area contributed by atoms with Gasteiger partial charge in [0.05, 0.1) is 109 Å². The average Bonchev–Trinajstić information content (AvgIpc) is 0.817. The minimum absolute atomic E-state index is 0.00719. The molecule has 0 spiro atoms. The number of rotatable bonds is 43. The van der Waals surface area contributed by atoms with E-state index in [4.69, 9.17) is 42.3 Å². The van der Waals surface area contributed by atoms with E-state index in [1.165, 1.54) is 23.7 Å². The summed E-state index contributed by atoms with van der Waals surface area (Å²) in [5.41, 5.74) is 5.79. The Balaban J connectivity index is 0.877. The molecule has 3 heterocycles. The number of hydrogen-bond donors (Lipinski definition) is 8. The summed E-state index contributed by atoms with van der Waals surface area (Å²) in [7, 11) is 0. The second kappa shape index (κ2) is 39.7. The predicted octanol–water partition coefficient (Wildman–Crippen LogP) is 6.33. The van der Waals surface area contributed by atoms with Crippen LogP contribution in [0.25, 0.3) is 33.4 Å². The number of fused-ring (bicyclic) bond motifs is 2. The zero-order valence-corrected chi connectivity index (χ0v) is 53.8. The molecule has 0 radical (unpaired) electrons. The molecule has 506 valence electrons. The largest absolute Gasteiger partial charge is 0.478 e. The smallest absolute Gasteiger partial charge is 0.336 e. The number of carboxylic acid groups (broad SMARTS) is 1. The summed E-state index contributed by atoms with van der Waals surface area (Å²) in [5.74, 6) is -1.70. The Morgan fingerprint density at radius 2 is 1.41 bits per heavy atom. The van der Waals surface area contributed by atoms with Crippen molar-refractivity contribution in [3.63, 3.8) is 0 Å². The van der Waals surface area contributed by atoms with Crippen molar-refractivity contribution in [2.75, 3.05) is 123 Å². The van der Waals surface area contributed by atoms with Crippen molar-refractivity contribution in [1.29, 1.82) is 0 Å². The number of carbonyl (C=O) groups is 5. The number of aromatic nitrogens is 3. The van der Waals surface area contributed by atoms with E-state index in [1.807, 2.05) is 63.2 Å². The van der Waals surface area contributed by atoms with Gasteiger partial charge in [-0.25, -0.2) is 9.48 Å². The second-order valence-corrected chi connectivity index (χ2v) is 22.2. The number of nitrogens with zero attached hydrogens (tertiary/aromatic N) is 4. The van der Waals surface area contributed by atoms with Crippen molar-refractivity contribution < 1.29 is 81.6 Å². The average molecular weight is 1290 g/mol. The van der Waals surface area contributed by atoms with Crippen LogP contribution in [0.3, 0.4) is 0 Å².